The molecule has 1 fully saturated rings. The van der Waals surface area contributed by atoms with Gasteiger partial charge in [-0.2, -0.15) is 5.10 Å². The van der Waals surface area contributed by atoms with Crippen LogP contribution in [-0.2, 0) is 4.74 Å². The van der Waals surface area contributed by atoms with Crippen LogP contribution < -0.4 is 4.90 Å². The van der Waals surface area contributed by atoms with Gasteiger partial charge < -0.3 is 14.5 Å². The molecule has 25 heavy (non-hydrogen) atoms. The first-order valence-electron chi connectivity index (χ1n) is 8.68. The lowest BCUT2D eigenvalue weighted by Gasteiger charge is -2.33. The van der Waals surface area contributed by atoms with Crippen molar-refractivity contribution < 1.29 is 9.66 Å². The molecule has 2 heterocycles. The Kier molecular flexibility index (Phi) is 5.50. The van der Waals surface area contributed by atoms with E-state index in [0.717, 1.165) is 56.4 Å². The highest BCUT2D eigenvalue weighted by Gasteiger charge is 2.27. The Bertz CT molecular complexity index is 722. The van der Waals surface area contributed by atoms with Crippen LogP contribution in [0.15, 0.2) is 18.3 Å². The summed E-state index contributed by atoms with van der Waals surface area (Å²) in [5.41, 5.74) is 1.63. The summed E-state index contributed by atoms with van der Waals surface area (Å²) >= 11 is 0. The number of aromatic amines is 1. The number of nitro groups is 1. The van der Waals surface area contributed by atoms with Crippen molar-refractivity contribution in [2.45, 2.75) is 25.4 Å². The van der Waals surface area contributed by atoms with Crippen LogP contribution >= 0.6 is 0 Å². The zero-order valence-electron chi connectivity index (χ0n) is 14.8. The van der Waals surface area contributed by atoms with Crippen LogP contribution in [-0.4, -0.2) is 66.5 Å². The summed E-state index contributed by atoms with van der Waals surface area (Å²) < 4.78 is 5.96. The molecule has 136 valence electrons. The number of nitrogens with zero attached hydrogens (tertiary/aromatic N) is 4. The number of ether oxygens (including phenoxy) is 1. The monoisotopic (exact) mass is 347 g/mol. The molecule has 0 saturated carbocycles. The second kappa shape index (κ2) is 7.79. The molecule has 1 aromatic carbocycles. The molecule has 1 aliphatic rings. The first-order valence-corrected chi connectivity index (χ1v) is 8.68. The predicted octanol–water partition coefficient (Wildman–Crippen LogP) is 2.41. The minimum Gasteiger partial charge on any atom is -0.378 e. The number of piperidine rings is 1. The summed E-state index contributed by atoms with van der Waals surface area (Å²) in [7, 11) is 4.11. The number of aromatic nitrogens is 2. The lowest BCUT2D eigenvalue weighted by Crippen LogP contribution is -2.37. The molecule has 8 nitrogen and oxygen atoms in total. The molecule has 1 aromatic heterocycles. The number of anilines is 1. The van der Waals surface area contributed by atoms with E-state index < -0.39 is 0 Å². The van der Waals surface area contributed by atoms with E-state index in [4.69, 9.17) is 4.74 Å². The van der Waals surface area contributed by atoms with E-state index >= 15 is 0 Å². The third-order valence-corrected chi connectivity index (χ3v) is 4.63. The standard InChI is InChI=1S/C17H25N5O3/c1-20(2)8-3-11-25-13-6-9-21(10-7-13)17-14-12-18-19-15(14)4-5-16(17)22(23)24/h4-5,12-13H,3,6-11H2,1-2H3,(H,18,19). The molecular weight excluding hydrogens is 322 g/mol. The molecule has 0 atom stereocenters. The van der Waals surface area contributed by atoms with E-state index in [1.807, 2.05) is 0 Å². The van der Waals surface area contributed by atoms with Gasteiger partial charge in [0.15, 0.2) is 0 Å². The average molecular weight is 347 g/mol. The Morgan fingerprint density at radius 3 is 2.84 bits per heavy atom. The quantitative estimate of drug-likeness (QED) is 0.470. The molecule has 0 spiro atoms. The Hall–Kier alpha value is -2.19. The highest BCUT2D eigenvalue weighted by molar-refractivity contribution is 5.96. The second-order valence-corrected chi connectivity index (χ2v) is 6.74. The van der Waals surface area contributed by atoms with Gasteiger partial charge >= 0.3 is 0 Å². The number of nitro benzene ring substituents is 1. The Morgan fingerprint density at radius 1 is 1.40 bits per heavy atom. The maximum atomic E-state index is 11.4. The number of rotatable bonds is 7. The summed E-state index contributed by atoms with van der Waals surface area (Å²) in [4.78, 5) is 15.4. The fraction of sp³-hybridized carbons (Fsp3) is 0.588. The summed E-state index contributed by atoms with van der Waals surface area (Å²) in [6.45, 7) is 3.29. The smallest absolute Gasteiger partial charge is 0.293 e. The van der Waals surface area contributed by atoms with E-state index in [1.54, 1.807) is 18.3 Å². The van der Waals surface area contributed by atoms with Gasteiger partial charge in [-0.25, -0.2) is 0 Å². The second-order valence-electron chi connectivity index (χ2n) is 6.74. The highest BCUT2D eigenvalue weighted by Crippen LogP contribution is 2.37. The largest absolute Gasteiger partial charge is 0.378 e. The Morgan fingerprint density at radius 2 is 2.16 bits per heavy atom. The van der Waals surface area contributed by atoms with Gasteiger partial charge in [-0.3, -0.25) is 15.2 Å². The lowest BCUT2D eigenvalue weighted by atomic mass is 10.0. The molecule has 8 heteroatoms. The first-order chi connectivity index (χ1) is 12.1. The molecule has 0 unspecified atom stereocenters. The fourth-order valence-electron chi connectivity index (χ4n) is 3.35. The summed E-state index contributed by atoms with van der Waals surface area (Å²) in [6, 6.07) is 3.27. The third kappa shape index (κ3) is 4.08. The highest BCUT2D eigenvalue weighted by atomic mass is 16.6. The van der Waals surface area contributed by atoms with Crippen molar-refractivity contribution in [3.63, 3.8) is 0 Å². The number of fused-ring (bicyclic) bond motifs is 1. The molecule has 1 N–H and O–H groups in total. The molecule has 1 aliphatic heterocycles. The Labute approximate surface area is 146 Å². The van der Waals surface area contributed by atoms with Crippen molar-refractivity contribution in [3.8, 4) is 0 Å². The van der Waals surface area contributed by atoms with Crippen LogP contribution in [0.5, 0.6) is 0 Å². The molecule has 0 radical (unpaired) electrons. The number of hydrogen-bond donors (Lipinski definition) is 1. The van der Waals surface area contributed by atoms with Gasteiger partial charge in [-0.15, -0.1) is 0 Å². The topological polar surface area (TPSA) is 87.5 Å². The van der Waals surface area contributed by atoms with Gasteiger partial charge in [0.05, 0.1) is 28.1 Å². The number of hydrogen-bond acceptors (Lipinski definition) is 6. The van der Waals surface area contributed by atoms with Gasteiger partial charge in [0.2, 0.25) is 0 Å². The summed E-state index contributed by atoms with van der Waals surface area (Å²) in [5, 5.41) is 19.2. The lowest BCUT2D eigenvalue weighted by molar-refractivity contribution is -0.384. The fourth-order valence-corrected chi connectivity index (χ4v) is 3.35. The van der Waals surface area contributed by atoms with Crippen LogP contribution in [0, 0.1) is 10.1 Å². The number of nitrogens with one attached hydrogen (secondary N) is 1. The van der Waals surface area contributed by atoms with Crippen molar-refractivity contribution in [1.82, 2.24) is 15.1 Å². The first kappa shape index (κ1) is 17.6. The van der Waals surface area contributed by atoms with Crippen LogP contribution in [0.25, 0.3) is 10.9 Å². The minimum atomic E-state index is -0.314. The van der Waals surface area contributed by atoms with Crippen LogP contribution in [0.3, 0.4) is 0 Å². The van der Waals surface area contributed by atoms with Crippen molar-refractivity contribution >= 4 is 22.3 Å². The van der Waals surface area contributed by atoms with Gasteiger partial charge in [0.1, 0.15) is 5.69 Å². The molecule has 3 rings (SSSR count). The molecule has 0 bridgehead atoms. The zero-order valence-corrected chi connectivity index (χ0v) is 14.8. The zero-order chi connectivity index (χ0) is 17.8. The van der Waals surface area contributed by atoms with Gasteiger partial charge in [-0.05, 0) is 46.0 Å². The number of H-pyrrole nitrogens is 1. The third-order valence-electron chi connectivity index (χ3n) is 4.63. The summed E-state index contributed by atoms with van der Waals surface area (Å²) in [5.74, 6) is 0. The maximum absolute atomic E-state index is 11.4. The van der Waals surface area contributed by atoms with Gasteiger partial charge in [-0.1, -0.05) is 0 Å². The van der Waals surface area contributed by atoms with Crippen LogP contribution in [0.4, 0.5) is 11.4 Å². The van der Waals surface area contributed by atoms with Crippen molar-refractivity contribution in [3.05, 3.63) is 28.4 Å². The van der Waals surface area contributed by atoms with Crippen molar-refractivity contribution in [2.75, 3.05) is 45.2 Å². The number of benzene rings is 1. The average Bonchev–Trinajstić information content (AvgIpc) is 3.07. The van der Waals surface area contributed by atoms with E-state index in [0.29, 0.717) is 5.69 Å². The van der Waals surface area contributed by atoms with Crippen molar-refractivity contribution in [2.24, 2.45) is 0 Å². The van der Waals surface area contributed by atoms with Gasteiger partial charge in [0.25, 0.3) is 5.69 Å². The molecule has 2 aromatic rings. The Balaban J connectivity index is 1.65. The van der Waals surface area contributed by atoms with Gasteiger partial charge in [0, 0.05) is 25.8 Å². The molecule has 0 amide bonds. The predicted molar refractivity (Wildman–Crippen MR) is 97.1 cm³/mol. The minimum absolute atomic E-state index is 0.138. The molecular formula is C17H25N5O3. The van der Waals surface area contributed by atoms with Crippen molar-refractivity contribution in [1.29, 1.82) is 0 Å². The molecule has 0 aliphatic carbocycles. The van der Waals surface area contributed by atoms with E-state index in [2.05, 4.69) is 34.1 Å². The van der Waals surface area contributed by atoms with Crippen LogP contribution in [0.2, 0.25) is 0 Å². The SMILES string of the molecule is CN(C)CCCOC1CCN(c2c([N+](=O)[O-])ccc3[nH]ncc23)CC1. The normalized spacial score (nSPS) is 16.0. The van der Waals surface area contributed by atoms with E-state index in [1.165, 1.54) is 0 Å². The maximum Gasteiger partial charge on any atom is 0.293 e. The molecule has 1 saturated heterocycles. The van der Waals surface area contributed by atoms with E-state index in [-0.39, 0.29) is 16.7 Å². The van der Waals surface area contributed by atoms with Crippen LogP contribution in [0.1, 0.15) is 19.3 Å². The van der Waals surface area contributed by atoms with E-state index in [9.17, 15) is 10.1 Å². The summed E-state index contributed by atoms with van der Waals surface area (Å²) in [6.07, 6.45) is 4.69.